The van der Waals surface area contributed by atoms with Gasteiger partial charge in [0.2, 0.25) is 0 Å². The van der Waals surface area contributed by atoms with Crippen molar-refractivity contribution >= 4 is 27.4 Å². The van der Waals surface area contributed by atoms with E-state index in [1.165, 1.54) is 24.3 Å². The number of rotatable bonds is 6. The van der Waals surface area contributed by atoms with E-state index in [4.69, 9.17) is 16.2 Å². The van der Waals surface area contributed by atoms with Crippen LogP contribution in [0.5, 0.6) is 0 Å². The van der Waals surface area contributed by atoms with E-state index in [2.05, 4.69) is 5.32 Å². The lowest BCUT2D eigenvalue weighted by atomic mass is 9.98. The summed E-state index contributed by atoms with van der Waals surface area (Å²) in [6.07, 6.45) is 0.614. The van der Waals surface area contributed by atoms with Gasteiger partial charge in [0.05, 0.1) is 10.9 Å². The first-order chi connectivity index (χ1) is 12.8. The van der Waals surface area contributed by atoms with Crippen molar-refractivity contribution in [1.29, 1.82) is 0 Å². The van der Waals surface area contributed by atoms with Gasteiger partial charge in [-0.15, -0.1) is 0 Å². The highest BCUT2D eigenvalue weighted by molar-refractivity contribution is 7.85. The Hall–Kier alpha value is -2.41. The standard InChI is InChI=1S/C20H17ClFNO3S/c21-16-5-1-14(2-6-16)13-20(15-3-7-17(22)8-4-15)23-18-9-11-19(12-10-18)27(24,25)26/h1-12,20,23H,13H2,(H,24,25,26). The van der Waals surface area contributed by atoms with Gasteiger partial charge in [-0.25, -0.2) is 4.39 Å². The van der Waals surface area contributed by atoms with Gasteiger partial charge in [0.15, 0.2) is 0 Å². The molecule has 0 aromatic heterocycles. The number of hydrogen-bond donors (Lipinski definition) is 2. The summed E-state index contributed by atoms with van der Waals surface area (Å²) >= 11 is 5.94. The third-order valence-corrected chi connectivity index (χ3v) is 5.24. The van der Waals surface area contributed by atoms with Gasteiger partial charge in [0, 0.05) is 10.7 Å². The molecule has 0 spiro atoms. The molecule has 0 aliphatic carbocycles. The summed E-state index contributed by atoms with van der Waals surface area (Å²) in [5.41, 5.74) is 2.59. The second kappa shape index (κ2) is 8.08. The second-order valence-corrected chi connectivity index (χ2v) is 7.94. The lowest BCUT2D eigenvalue weighted by molar-refractivity contribution is 0.483. The summed E-state index contributed by atoms with van der Waals surface area (Å²) in [5, 5.41) is 3.97. The molecule has 7 heteroatoms. The topological polar surface area (TPSA) is 66.4 Å². The fraction of sp³-hybridized carbons (Fsp3) is 0.100. The van der Waals surface area contributed by atoms with Crippen LogP contribution in [0.3, 0.4) is 0 Å². The zero-order valence-corrected chi connectivity index (χ0v) is 15.7. The van der Waals surface area contributed by atoms with Crippen LogP contribution in [0, 0.1) is 5.82 Å². The Labute approximate surface area is 162 Å². The number of benzene rings is 3. The molecule has 0 radical (unpaired) electrons. The Morgan fingerprint density at radius 2 is 1.52 bits per heavy atom. The molecule has 1 atom stereocenters. The maximum atomic E-state index is 13.3. The summed E-state index contributed by atoms with van der Waals surface area (Å²) in [5.74, 6) is -0.318. The number of anilines is 1. The molecule has 0 heterocycles. The summed E-state index contributed by atoms with van der Waals surface area (Å²) in [6.45, 7) is 0. The summed E-state index contributed by atoms with van der Waals surface area (Å²) < 4.78 is 44.7. The van der Waals surface area contributed by atoms with E-state index < -0.39 is 10.1 Å². The van der Waals surface area contributed by atoms with Gasteiger partial charge in [-0.1, -0.05) is 35.9 Å². The zero-order valence-electron chi connectivity index (χ0n) is 14.1. The Bertz CT molecular complexity index is 1000. The van der Waals surface area contributed by atoms with Gasteiger partial charge < -0.3 is 5.32 Å². The third-order valence-electron chi connectivity index (χ3n) is 4.12. The normalized spacial score (nSPS) is 12.6. The first-order valence-electron chi connectivity index (χ1n) is 8.15. The SMILES string of the molecule is O=S(=O)(O)c1ccc(NC(Cc2ccc(Cl)cc2)c2ccc(F)cc2)cc1. The molecule has 3 aromatic carbocycles. The zero-order chi connectivity index (χ0) is 19.4. The maximum absolute atomic E-state index is 13.3. The predicted octanol–water partition coefficient (Wildman–Crippen LogP) is 5.12. The van der Waals surface area contributed by atoms with Crippen molar-refractivity contribution in [2.75, 3.05) is 5.32 Å². The van der Waals surface area contributed by atoms with Crippen LogP contribution in [0.1, 0.15) is 17.2 Å². The smallest absolute Gasteiger partial charge is 0.294 e. The molecular weight excluding hydrogens is 389 g/mol. The van der Waals surface area contributed by atoms with E-state index >= 15 is 0 Å². The minimum Gasteiger partial charge on any atom is -0.378 e. The Morgan fingerprint density at radius 3 is 2.07 bits per heavy atom. The molecule has 0 fully saturated rings. The largest absolute Gasteiger partial charge is 0.378 e. The summed E-state index contributed by atoms with van der Waals surface area (Å²) in [4.78, 5) is -0.177. The minimum absolute atomic E-state index is 0.177. The molecule has 2 N–H and O–H groups in total. The highest BCUT2D eigenvalue weighted by atomic mass is 35.5. The van der Waals surface area contributed by atoms with Gasteiger partial charge in [0.25, 0.3) is 10.1 Å². The first-order valence-corrected chi connectivity index (χ1v) is 9.97. The number of halogens is 2. The predicted molar refractivity (Wildman–Crippen MR) is 104 cm³/mol. The highest BCUT2D eigenvalue weighted by Gasteiger charge is 2.14. The second-order valence-electron chi connectivity index (χ2n) is 6.08. The lowest BCUT2D eigenvalue weighted by Gasteiger charge is -2.21. The molecule has 4 nitrogen and oxygen atoms in total. The molecule has 0 aliphatic rings. The quantitative estimate of drug-likeness (QED) is 0.558. The number of nitrogens with one attached hydrogen (secondary N) is 1. The van der Waals surface area contributed by atoms with Crippen molar-refractivity contribution in [2.24, 2.45) is 0 Å². The van der Waals surface area contributed by atoms with E-state index in [1.54, 1.807) is 36.4 Å². The Kier molecular flexibility index (Phi) is 5.79. The molecule has 3 rings (SSSR count). The molecule has 0 saturated heterocycles. The van der Waals surface area contributed by atoms with Crippen molar-refractivity contribution in [2.45, 2.75) is 17.4 Å². The van der Waals surface area contributed by atoms with E-state index in [-0.39, 0.29) is 16.8 Å². The summed E-state index contributed by atoms with van der Waals surface area (Å²) in [6, 6.07) is 19.3. The van der Waals surface area contributed by atoms with Gasteiger partial charge >= 0.3 is 0 Å². The first kappa shape index (κ1) is 19.4. The van der Waals surface area contributed by atoms with Crippen LogP contribution in [0.2, 0.25) is 5.02 Å². The van der Waals surface area contributed by atoms with Crippen molar-refractivity contribution in [3.05, 3.63) is 94.8 Å². The molecule has 0 aliphatic heterocycles. The molecule has 0 amide bonds. The van der Waals surface area contributed by atoms with Crippen LogP contribution >= 0.6 is 11.6 Å². The molecule has 1 unspecified atom stereocenters. The molecule has 27 heavy (non-hydrogen) atoms. The van der Waals surface area contributed by atoms with Gasteiger partial charge in [-0.05, 0) is 66.1 Å². The highest BCUT2D eigenvalue weighted by Crippen LogP contribution is 2.25. The molecular formula is C20H17ClFNO3S. The van der Waals surface area contributed by atoms with E-state index in [0.717, 1.165) is 11.1 Å². The molecule has 0 saturated carbocycles. The van der Waals surface area contributed by atoms with E-state index in [0.29, 0.717) is 17.1 Å². The maximum Gasteiger partial charge on any atom is 0.294 e. The van der Waals surface area contributed by atoms with E-state index in [9.17, 15) is 12.8 Å². The number of hydrogen-bond acceptors (Lipinski definition) is 3. The van der Waals surface area contributed by atoms with Crippen LogP contribution in [0.25, 0.3) is 0 Å². The fourth-order valence-corrected chi connectivity index (χ4v) is 3.33. The van der Waals surface area contributed by atoms with Crippen LogP contribution < -0.4 is 5.32 Å². The van der Waals surface area contributed by atoms with Gasteiger partial charge in [-0.3, -0.25) is 4.55 Å². The van der Waals surface area contributed by atoms with Crippen LogP contribution in [0.4, 0.5) is 10.1 Å². The average Bonchev–Trinajstić information content (AvgIpc) is 2.63. The van der Waals surface area contributed by atoms with Crippen molar-refractivity contribution < 1.29 is 17.4 Å². The van der Waals surface area contributed by atoms with Crippen molar-refractivity contribution in [3.63, 3.8) is 0 Å². The van der Waals surface area contributed by atoms with Crippen LogP contribution in [-0.4, -0.2) is 13.0 Å². The third kappa shape index (κ3) is 5.29. The van der Waals surface area contributed by atoms with Crippen LogP contribution in [0.15, 0.2) is 77.7 Å². The molecule has 0 bridgehead atoms. The Morgan fingerprint density at radius 1 is 0.926 bits per heavy atom. The molecule has 140 valence electrons. The summed E-state index contributed by atoms with van der Waals surface area (Å²) in [7, 11) is -4.24. The Balaban J connectivity index is 1.87. The minimum atomic E-state index is -4.24. The lowest BCUT2D eigenvalue weighted by Crippen LogP contribution is -2.14. The average molecular weight is 406 g/mol. The van der Waals surface area contributed by atoms with Crippen molar-refractivity contribution in [1.82, 2.24) is 0 Å². The van der Waals surface area contributed by atoms with Gasteiger partial charge in [-0.2, -0.15) is 8.42 Å². The van der Waals surface area contributed by atoms with E-state index in [1.807, 2.05) is 12.1 Å². The fourth-order valence-electron chi connectivity index (χ4n) is 2.73. The molecule has 3 aromatic rings. The van der Waals surface area contributed by atoms with Gasteiger partial charge in [0.1, 0.15) is 5.82 Å². The van der Waals surface area contributed by atoms with Crippen molar-refractivity contribution in [3.8, 4) is 0 Å². The monoisotopic (exact) mass is 405 g/mol. The van der Waals surface area contributed by atoms with Crippen LogP contribution in [-0.2, 0) is 16.5 Å².